The van der Waals surface area contributed by atoms with Crippen molar-refractivity contribution in [2.45, 2.75) is 32.4 Å². The van der Waals surface area contributed by atoms with Gasteiger partial charge in [-0.3, -0.25) is 0 Å². The molecule has 3 N–H and O–H groups in total. The SMILES string of the molecule is C#CCCNC(CN)c1cncn1CCC. The van der Waals surface area contributed by atoms with Gasteiger partial charge in [-0.1, -0.05) is 6.92 Å². The zero-order chi connectivity index (χ0) is 11.8. The highest BCUT2D eigenvalue weighted by atomic mass is 15.1. The fraction of sp³-hybridized carbons (Fsp3) is 0.583. The zero-order valence-corrected chi connectivity index (χ0v) is 9.82. The summed E-state index contributed by atoms with van der Waals surface area (Å²) in [6.45, 7) is 4.46. The molecule has 4 heteroatoms. The number of aromatic nitrogens is 2. The van der Waals surface area contributed by atoms with E-state index in [0.717, 1.165) is 31.6 Å². The lowest BCUT2D eigenvalue weighted by Crippen LogP contribution is -2.30. The number of nitrogens with two attached hydrogens (primary N) is 1. The molecular weight excluding hydrogens is 200 g/mol. The van der Waals surface area contributed by atoms with Gasteiger partial charge in [0, 0.05) is 32.3 Å². The van der Waals surface area contributed by atoms with E-state index in [2.05, 4.69) is 27.7 Å². The number of imidazole rings is 1. The Morgan fingerprint density at radius 1 is 1.69 bits per heavy atom. The molecule has 0 amide bonds. The molecule has 1 unspecified atom stereocenters. The van der Waals surface area contributed by atoms with Crippen LogP contribution in [0.25, 0.3) is 0 Å². The summed E-state index contributed by atoms with van der Waals surface area (Å²) in [6, 6.07) is 0.141. The summed E-state index contributed by atoms with van der Waals surface area (Å²) >= 11 is 0. The van der Waals surface area contributed by atoms with Crippen LogP contribution in [-0.2, 0) is 6.54 Å². The number of terminal acetylenes is 1. The van der Waals surface area contributed by atoms with Crippen LogP contribution in [0.2, 0.25) is 0 Å². The van der Waals surface area contributed by atoms with Crippen LogP contribution in [0, 0.1) is 12.3 Å². The molecular formula is C12H20N4. The Morgan fingerprint density at radius 2 is 2.50 bits per heavy atom. The first kappa shape index (κ1) is 12.8. The van der Waals surface area contributed by atoms with E-state index in [1.54, 1.807) is 0 Å². The van der Waals surface area contributed by atoms with Crippen LogP contribution in [-0.4, -0.2) is 22.6 Å². The summed E-state index contributed by atoms with van der Waals surface area (Å²) in [5.41, 5.74) is 6.90. The number of nitrogens with one attached hydrogen (secondary N) is 1. The Balaban J connectivity index is 2.63. The molecule has 0 aliphatic carbocycles. The Kier molecular flexibility index (Phi) is 5.62. The standard InChI is InChI=1S/C12H20N4/c1-3-5-6-15-11(8-13)12-9-14-10-16(12)7-4-2/h1,9-11,15H,4-8,13H2,2H3. The molecule has 1 rings (SSSR count). The second-order valence-electron chi connectivity index (χ2n) is 3.71. The van der Waals surface area contributed by atoms with Gasteiger partial charge in [-0.2, -0.15) is 0 Å². The van der Waals surface area contributed by atoms with Crippen molar-refractivity contribution < 1.29 is 0 Å². The number of hydrogen-bond acceptors (Lipinski definition) is 3. The van der Waals surface area contributed by atoms with E-state index in [-0.39, 0.29) is 6.04 Å². The maximum Gasteiger partial charge on any atom is 0.0948 e. The summed E-state index contributed by atoms with van der Waals surface area (Å²) in [5, 5.41) is 3.34. The van der Waals surface area contributed by atoms with Crippen LogP contribution in [0.1, 0.15) is 31.5 Å². The molecule has 1 aromatic rings. The lowest BCUT2D eigenvalue weighted by Gasteiger charge is -2.18. The molecule has 16 heavy (non-hydrogen) atoms. The van der Waals surface area contributed by atoms with Crippen LogP contribution in [0.15, 0.2) is 12.5 Å². The largest absolute Gasteiger partial charge is 0.333 e. The Hall–Kier alpha value is -1.31. The van der Waals surface area contributed by atoms with Gasteiger partial charge in [0.05, 0.1) is 18.1 Å². The van der Waals surface area contributed by atoms with Crippen LogP contribution < -0.4 is 11.1 Å². The number of aryl methyl sites for hydroxylation is 1. The van der Waals surface area contributed by atoms with Crippen molar-refractivity contribution in [1.29, 1.82) is 0 Å². The van der Waals surface area contributed by atoms with Crippen LogP contribution in [0.5, 0.6) is 0 Å². The summed E-state index contributed by atoms with van der Waals surface area (Å²) in [5.74, 6) is 2.61. The van der Waals surface area contributed by atoms with Crippen molar-refractivity contribution in [3.8, 4) is 12.3 Å². The molecule has 1 atom stereocenters. The van der Waals surface area contributed by atoms with Crippen molar-refractivity contribution in [3.05, 3.63) is 18.2 Å². The van der Waals surface area contributed by atoms with Gasteiger partial charge in [0.25, 0.3) is 0 Å². The molecule has 0 bridgehead atoms. The average Bonchev–Trinajstić information content (AvgIpc) is 2.73. The van der Waals surface area contributed by atoms with Gasteiger partial charge in [0.2, 0.25) is 0 Å². The summed E-state index contributed by atoms with van der Waals surface area (Å²) < 4.78 is 2.14. The molecule has 1 aromatic heterocycles. The minimum Gasteiger partial charge on any atom is -0.333 e. The van der Waals surface area contributed by atoms with Crippen LogP contribution in [0.4, 0.5) is 0 Å². The van der Waals surface area contributed by atoms with Crippen molar-refractivity contribution in [1.82, 2.24) is 14.9 Å². The number of hydrogen-bond donors (Lipinski definition) is 2. The minimum absolute atomic E-state index is 0.141. The van der Waals surface area contributed by atoms with Gasteiger partial charge in [0.15, 0.2) is 0 Å². The number of rotatable bonds is 7. The van der Waals surface area contributed by atoms with E-state index in [9.17, 15) is 0 Å². The first-order valence-electron chi connectivity index (χ1n) is 5.70. The lowest BCUT2D eigenvalue weighted by molar-refractivity contribution is 0.504. The molecule has 0 saturated carbocycles. The Morgan fingerprint density at radius 3 is 3.12 bits per heavy atom. The van der Waals surface area contributed by atoms with E-state index in [1.807, 2.05) is 12.5 Å². The first-order valence-corrected chi connectivity index (χ1v) is 5.70. The van der Waals surface area contributed by atoms with E-state index in [4.69, 9.17) is 12.2 Å². The fourth-order valence-corrected chi connectivity index (χ4v) is 1.68. The van der Waals surface area contributed by atoms with Crippen molar-refractivity contribution in [2.75, 3.05) is 13.1 Å². The molecule has 88 valence electrons. The van der Waals surface area contributed by atoms with Crippen LogP contribution >= 0.6 is 0 Å². The van der Waals surface area contributed by atoms with Gasteiger partial charge < -0.3 is 15.6 Å². The normalized spacial score (nSPS) is 12.3. The maximum atomic E-state index is 5.76. The van der Waals surface area contributed by atoms with E-state index >= 15 is 0 Å². The van der Waals surface area contributed by atoms with E-state index < -0.39 is 0 Å². The smallest absolute Gasteiger partial charge is 0.0948 e. The van der Waals surface area contributed by atoms with Gasteiger partial charge in [0.1, 0.15) is 0 Å². The Bertz CT molecular complexity index is 337. The molecule has 0 fully saturated rings. The third-order valence-electron chi connectivity index (χ3n) is 2.46. The second kappa shape index (κ2) is 7.04. The van der Waals surface area contributed by atoms with E-state index in [0.29, 0.717) is 6.54 Å². The van der Waals surface area contributed by atoms with Gasteiger partial charge in [-0.25, -0.2) is 4.98 Å². The molecule has 0 aromatic carbocycles. The van der Waals surface area contributed by atoms with Crippen molar-refractivity contribution in [3.63, 3.8) is 0 Å². The monoisotopic (exact) mass is 220 g/mol. The van der Waals surface area contributed by atoms with E-state index in [1.165, 1.54) is 0 Å². The number of nitrogens with zero attached hydrogens (tertiary/aromatic N) is 2. The molecule has 0 aliphatic rings. The van der Waals surface area contributed by atoms with Gasteiger partial charge in [-0.05, 0) is 6.42 Å². The molecule has 4 nitrogen and oxygen atoms in total. The highest BCUT2D eigenvalue weighted by molar-refractivity contribution is 5.06. The molecule has 0 spiro atoms. The van der Waals surface area contributed by atoms with Gasteiger partial charge in [-0.15, -0.1) is 12.3 Å². The molecule has 1 heterocycles. The predicted molar refractivity (Wildman–Crippen MR) is 65.8 cm³/mol. The van der Waals surface area contributed by atoms with Crippen molar-refractivity contribution >= 4 is 0 Å². The zero-order valence-electron chi connectivity index (χ0n) is 9.82. The third-order valence-corrected chi connectivity index (χ3v) is 2.46. The maximum absolute atomic E-state index is 5.76. The third kappa shape index (κ3) is 3.37. The second-order valence-corrected chi connectivity index (χ2v) is 3.71. The molecule has 0 aliphatic heterocycles. The average molecular weight is 220 g/mol. The summed E-state index contributed by atoms with van der Waals surface area (Å²) in [7, 11) is 0. The first-order chi connectivity index (χ1) is 7.83. The topological polar surface area (TPSA) is 55.9 Å². The van der Waals surface area contributed by atoms with Crippen LogP contribution in [0.3, 0.4) is 0 Å². The molecule has 0 radical (unpaired) electrons. The van der Waals surface area contributed by atoms with Crippen molar-refractivity contribution in [2.24, 2.45) is 5.73 Å². The highest BCUT2D eigenvalue weighted by Gasteiger charge is 2.12. The quantitative estimate of drug-likeness (QED) is 0.530. The minimum atomic E-state index is 0.141. The summed E-state index contributed by atoms with van der Waals surface area (Å²) in [6.07, 6.45) is 10.7. The lowest BCUT2D eigenvalue weighted by atomic mass is 10.2. The fourth-order valence-electron chi connectivity index (χ4n) is 1.68. The Labute approximate surface area is 97.2 Å². The summed E-state index contributed by atoms with van der Waals surface area (Å²) in [4.78, 5) is 4.16. The van der Waals surface area contributed by atoms with Gasteiger partial charge >= 0.3 is 0 Å². The predicted octanol–water partition coefficient (Wildman–Crippen LogP) is 0.906. The highest BCUT2D eigenvalue weighted by Crippen LogP contribution is 2.11. The molecule has 0 saturated heterocycles.